The lowest BCUT2D eigenvalue weighted by atomic mass is 9.88. The molecule has 0 saturated carbocycles. The number of hydrogen-bond acceptors (Lipinski definition) is 2. The van der Waals surface area contributed by atoms with Crippen molar-refractivity contribution >= 4 is 5.69 Å². The third kappa shape index (κ3) is 4.21. The number of piperidine rings is 1. The number of benzene rings is 3. The highest BCUT2D eigenvalue weighted by Gasteiger charge is 2.20. The molecule has 0 bridgehead atoms. The first-order valence-corrected chi connectivity index (χ1v) is 11.0. The maximum absolute atomic E-state index is 14.6. The number of anilines is 1. The van der Waals surface area contributed by atoms with Gasteiger partial charge in [0.15, 0.2) is 0 Å². The first-order valence-electron chi connectivity index (χ1n) is 11.0. The van der Waals surface area contributed by atoms with E-state index in [9.17, 15) is 4.39 Å². The second kappa shape index (κ2) is 8.55. The molecule has 3 aromatic carbocycles. The van der Waals surface area contributed by atoms with Gasteiger partial charge in [-0.2, -0.15) is 5.26 Å². The van der Waals surface area contributed by atoms with Crippen LogP contribution in [-0.2, 0) is 0 Å². The summed E-state index contributed by atoms with van der Waals surface area (Å²) in [5.74, 6) is 0.292. The molecule has 0 amide bonds. The van der Waals surface area contributed by atoms with Crippen molar-refractivity contribution in [3.63, 3.8) is 0 Å². The molecule has 2 nitrogen and oxygen atoms in total. The topological polar surface area (TPSA) is 27.0 Å². The van der Waals surface area contributed by atoms with Crippen LogP contribution in [0.25, 0.3) is 22.3 Å². The molecule has 3 heteroatoms. The van der Waals surface area contributed by atoms with Gasteiger partial charge in [-0.25, -0.2) is 4.39 Å². The smallest absolute Gasteiger partial charge is 0.141 e. The van der Waals surface area contributed by atoms with Gasteiger partial charge in [0.25, 0.3) is 0 Å². The first-order chi connectivity index (χ1) is 14.9. The zero-order chi connectivity index (χ0) is 22.1. The Kier molecular flexibility index (Phi) is 5.83. The summed E-state index contributed by atoms with van der Waals surface area (Å²) in [7, 11) is 0. The molecule has 0 unspecified atom stereocenters. The first kappa shape index (κ1) is 21.1. The molecule has 1 fully saturated rings. The SMILES string of the molecule is Cc1ccc(-c2c(C)cc(N3CCC(C)CC3)cc2-c2ccc(C#N)c(F)c2)cc1C. The Morgan fingerprint density at radius 1 is 0.871 bits per heavy atom. The van der Waals surface area contributed by atoms with E-state index in [0.717, 1.165) is 41.3 Å². The van der Waals surface area contributed by atoms with Gasteiger partial charge in [-0.15, -0.1) is 0 Å². The Labute approximate surface area is 185 Å². The minimum atomic E-state index is -0.471. The number of rotatable bonds is 3. The van der Waals surface area contributed by atoms with Gasteiger partial charge in [0.2, 0.25) is 0 Å². The molecule has 31 heavy (non-hydrogen) atoms. The summed E-state index contributed by atoms with van der Waals surface area (Å²) in [6.45, 7) is 10.8. The maximum atomic E-state index is 14.6. The summed E-state index contributed by atoms with van der Waals surface area (Å²) in [5, 5.41) is 9.15. The fourth-order valence-electron chi connectivity index (χ4n) is 4.50. The van der Waals surface area contributed by atoms with E-state index in [4.69, 9.17) is 5.26 Å². The Hall–Kier alpha value is -3.12. The fourth-order valence-corrected chi connectivity index (χ4v) is 4.50. The van der Waals surface area contributed by atoms with Gasteiger partial charge in [-0.3, -0.25) is 0 Å². The van der Waals surface area contributed by atoms with Gasteiger partial charge < -0.3 is 4.90 Å². The highest BCUT2D eigenvalue weighted by atomic mass is 19.1. The van der Waals surface area contributed by atoms with Crippen LogP contribution in [0.3, 0.4) is 0 Å². The van der Waals surface area contributed by atoms with E-state index >= 15 is 0 Å². The summed E-state index contributed by atoms with van der Waals surface area (Å²) >= 11 is 0. The van der Waals surface area contributed by atoms with E-state index in [2.05, 4.69) is 62.9 Å². The lowest BCUT2D eigenvalue weighted by molar-refractivity contribution is 0.438. The molecule has 1 aliphatic heterocycles. The Morgan fingerprint density at radius 2 is 1.58 bits per heavy atom. The molecule has 0 N–H and O–H groups in total. The zero-order valence-electron chi connectivity index (χ0n) is 18.8. The summed E-state index contributed by atoms with van der Waals surface area (Å²) in [6, 6.07) is 17.9. The molecule has 0 spiro atoms. The third-order valence-corrected chi connectivity index (χ3v) is 6.67. The van der Waals surface area contributed by atoms with Crippen LogP contribution in [0.2, 0.25) is 0 Å². The third-order valence-electron chi connectivity index (χ3n) is 6.67. The van der Waals surface area contributed by atoms with Crippen molar-refractivity contribution in [1.29, 1.82) is 5.26 Å². The van der Waals surface area contributed by atoms with E-state index in [0.29, 0.717) is 0 Å². The molecule has 0 atom stereocenters. The van der Waals surface area contributed by atoms with Crippen LogP contribution >= 0.6 is 0 Å². The van der Waals surface area contributed by atoms with Crippen molar-refractivity contribution in [2.45, 2.75) is 40.5 Å². The van der Waals surface area contributed by atoms with Gasteiger partial charge in [0, 0.05) is 18.8 Å². The van der Waals surface area contributed by atoms with E-state index in [1.807, 2.05) is 12.1 Å². The van der Waals surface area contributed by atoms with Crippen LogP contribution in [0.5, 0.6) is 0 Å². The average molecular weight is 413 g/mol. The van der Waals surface area contributed by atoms with E-state index in [1.165, 1.54) is 41.3 Å². The molecule has 0 aromatic heterocycles. The molecule has 1 saturated heterocycles. The van der Waals surface area contributed by atoms with Gasteiger partial charge in [-0.1, -0.05) is 31.2 Å². The molecular weight excluding hydrogens is 383 g/mol. The van der Waals surface area contributed by atoms with Crippen molar-refractivity contribution in [2.24, 2.45) is 5.92 Å². The highest BCUT2D eigenvalue weighted by Crippen LogP contribution is 2.40. The summed E-state index contributed by atoms with van der Waals surface area (Å²) in [4.78, 5) is 2.45. The van der Waals surface area contributed by atoms with Gasteiger partial charge >= 0.3 is 0 Å². The number of halogens is 1. The predicted molar refractivity (Wildman–Crippen MR) is 127 cm³/mol. The van der Waals surface area contributed by atoms with Crippen LogP contribution < -0.4 is 4.90 Å². The monoisotopic (exact) mass is 412 g/mol. The molecule has 0 radical (unpaired) electrons. The van der Waals surface area contributed by atoms with Crippen LogP contribution in [0, 0.1) is 43.8 Å². The molecular formula is C28H29FN2. The van der Waals surface area contributed by atoms with Crippen molar-refractivity contribution in [3.8, 4) is 28.3 Å². The average Bonchev–Trinajstić information content (AvgIpc) is 2.75. The normalized spacial score (nSPS) is 14.5. The number of aryl methyl sites for hydroxylation is 3. The van der Waals surface area contributed by atoms with Crippen LogP contribution in [0.1, 0.15) is 42.0 Å². The van der Waals surface area contributed by atoms with E-state index in [-0.39, 0.29) is 5.56 Å². The van der Waals surface area contributed by atoms with Crippen LogP contribution in [0.15, 0.2) is 48.5 Å². The molecule has 1 heterocycles. The molecule has 1 aliphatic rings. The van der Waals surface area contributed by atoms with Crippen LogP contribution in [0.4, 0.5) is 10.1 Å². The molecule has 4 rings (SSSR count). The van der Waals surface area contributed by atoms with Gasteiger partial charge in [0.1, 0.15) is 11.9 Å². The lowest BCUT2D eigenvalue weighted by Crippen LogP contribution is -2.32. The van der Waals surface area contributed by atoms with Crippen molar-refractivity contribution in [1.82, 2.24) is 0 Å². The van der Waals surface area contributed by atoms with E-state index in [1.54, 1.807) is 6.07 Å². The molecule has 3 aromatic rings. The standard InChI is InChI=1S/C28H29FN2/c1-18-9-11-31(12-10-18)25-14-21(4)28(23-6-5-19(2)20(3)13-23)26(16-25)22-7-8-24(17-30)27(29)15-22/h5-8,13-16,18H,9-12H2,1-4H3. The number of nitriles is 1. The fraction of sp³-hybridized carbons (Fsp3) is 0.321. The van der Waals surface area contributed by atoms with Gasteiger partial charge in [-0.05, 0) is 103 Å². The summed E-state index contributed by atoms with van der Waals surface area (Å²) in [6.07, 6.45) is 2.39. The van der Waals surface area contributed by atoms with Crippen molar-refractivity contribution in [3.05, 3.63) is 76.6 Å². The largest absolute Gasteiger partial charge is 0.371 e. The zero-order valence-corrected chi connectivity index (χ0v) is 18.8. The molecule has 0 aliphatic carbocycles. The van der Waals surface area contributed by atoms with E-state index < -0.39 is 5.82 Å². The summed E-state index contributed by atoms with van der Waals surface area (Å²) < 4.78 is 14.6. The summed E-state index contributed by atoms with van der Waals surface area (Å²) in [5.41, 5.74) is 9.03. The second-order valence-corrected chi connectivity index (χ2v) is 8.96. The Morgan fingerprint density at radius 3 is 2.23 bits per heavy atom. The Bertz CT molecular complexity index is 1160. The highest BCUT2D eigenvalue weighted by molar-refractivity contribution is 5.88. The molecule has 158 valence electrons. The number of hydrogen-bond donors (Lipinski definition) is 0. The maximum Gasteiger partial charge on any atom is 0.141 e. The van der Waals surface area contributed by atoms with Crippen LogP contribution in [-0.4, -0.2) is 13.1 Å². The quantitative estimate of drug-likeness (QED) is 0.455. The minimum Gasteiger partial charge on any atom is -0.371 e. The predicted octanol–water partition coefficient (Wildman–Crippen LogP) is 7.19. The van der Waals surface area contributed by atoms with Crippen molar-refractivity contribution in [2.75, 3.05) is 18.0 Å². The van der Waals surface area contributed by atoms with Crippen molar-refractivity contribution < 1.29 is 4.39 Å². The lowest BCUT2D eigenvalue weighted by Gasteiger charge is -2.33. The minimum absolute atomic E-state index is 0.0781. The number of nitrogens with zero attached hydrogens (tertiary/aromatic N) is 2. The van der Waals surface area contributed by atoms with Gasteiger partial charge in [0.05, 0.1) is 5.56 Å². The Balaban J connectivity index is 1.90. The second-order valence-electron chi connectivity index (χ2n) is 8.96.